The van der Waals surface area contributed by atoms with Gasteiger partial charge in [0.25, 0.3) is 0 Å². The molecule has 1 unspecified atom stereocenters. The van der Waals surface area contributed by atoms with Crippen molar-refractivity contribution in [3.8, 4) is 11.4 Å². The normalized spacial score (nSPS) is 12.7. The van der Waals surface area contributed by atoms with Crippen LogP contribution < -0.4 is 5.32 Å². The molecule has 9 heteroatoms. The molecule has 4 rings (SSSR count). The van der Waals surface area contributed by atoms with E-state index in [0.29, 0.717) is 29.1 Å². The van der Waals surface area contributed by atoms with Crippen molar-refractivity contribution in [3.05, 3.63) is 71.7 Å². The highest BCUT2D eigenvalue weighted by atomic mass is 19.1. The van der Waals surface area contributed by atoms with Crippen molar-refractivity contribution in [2.45, 2.75) is 38.8 Å². The van der Waals surface area contributed by atoms with E-state index in [1.165, 1.54) is 24.3 Å². The number of fused-ring (bicyclic) bond motifs is 1. The van der Waals surface area contributed by atoms with Crippen LogP contribution in [0.3, 0.4) is 0 Å². The molecule has 1 amide bonds. The van der Waals surface area contributed by atoms with Crippen molar-refractivity contribution in [2.24, 2.45) is 0 Å². The number of H-pyrrole nitrogens is 2. The summed E-state index contributed by atoms with van der Waals surface area (Å²) in [5.74, 6) is 0.0851. The number of alkyl carbamates (subject to hydrolysis) is 1. The molecule has 0 bridgehead atoms. The van der Waals surface area contributed by atoms with Crippen LogP contribution in [0.15, 0.2) is 48.7 Å². The van der Waals surface area contributed by atoms with Gasteiger partial charge in [-0.15, -0.1) is 0 Å². The fourth-order valence-corrected chi connectivity index (χ4v) is 3.37. The lowest BCUT2D eigenvalue weighted by Gasteiger charge is -2.22. The molecule has 0 aliphatic heterocycles. The third-order valence-corrected chi connectivity index (χ3v) is 4.78. The number of ether oxygens (including phenoxy) is 1. The van der Waals surface area contributed by atoms with E-state index in [2.05, 4.69) is 25.5 Å². The summed E-state index contributed by atoms with van der Waals surface area (Å²) in [6.07, 6.45) is 1.52. The van der Waals surface area contributed by atoms with E-state index in [9.17, 15) is 13.6 Å². The van der Waals surface area contributed by atoms with E-state index in [1.54, 1.807) is 45.2 Å². The average Bonchev–Trinajstić information content (AvgIpc) is 3.34. The minimum atomic E-state index is -0.673. The van der Waals surface area contributed by atoms with Gasteiger partial charge in [-0.2, -0.15) is 5.10 Å². The number of carbonyl (C=O) groups excluding carboxylic acids is 1. The maximum atomic E-state index is 13.6. The Balaban J connectivity index is 1.64. The predicted molar refractivity (Wildman–Crippen MR) is 116 cm³/mol. The highest BCUT2D eigenvalue weighted by Crippen LogP contribution is 2.25. The molecule has 0 saturated carbocycles. The van der Waals surface area contributed by atoms with Gasteiger partial charge in [0.15, 0.2) is 5.82 Å². The number of hydrogen-bond acceptors (Lipinski definition) is 4. The zero-order chi connectivity index (χ0) is 22.9. The SMILES string of the molecule is CC(C)(C)OC(=O)NC(Cc1c[nH]c2cc(F)ccc12)c1nc(-c2ccc(F)cc2)n[nH]1. The molecule has 0 fully saturated rings. The standard InChI is InChI=1S/C23H23F2N5O2/c1-23(2,3)32-22(31)27-19(10-14-12-26-18-11-16(25)8-9-17(14)18)21-28-20(29-30-21)13-4-6-15(24)7-5-13/h4-9,11-12,19,26H,10H2,1-3H3,(H,27,31)(H,28,29,30). The van der Waals surface area contributed by atoms with Gasteiger partial charge in [-0.05, 0) is 68.8 Å². The molecule has 2 aromatic heterocycles. The maximum absolute atomic E-state index is 13.6. The van der Waals surface area contributed by atoms with Crippen LogP contribution in [0.2, 0.25) is 0 Å². The molecule has 0 aliphatic rings. The third kappa shape index (κ3) is 4.93. The first kappa shape index (κ1) is 21.5. The first-order chi connectivity index (χ1) is 15.2. The van der Waals surface area contributed by atoms with E-state index in [0.717, 1.165) is 10.9 Å². The number of aromatic nitrogens is 4. The van der Waals surface area contributed by atoms with Crippen LogP contribution in [0.5, 0.6) is 0 Å². The van der Waals surface area contributed by atoms with E-state index >= 15 is 0 Å². The molecule has 0 saturated heterocycles. The highest BCUT2D eigenvalue weighted by molar-refractivity contribution is 5.83. The van der Waals surface area contributed by atoms with E-state index in [1.807, 2.05) is 0 Å². The minimum absolute atomic E-state index is 0.339. The van der Waals surface area contributed by atoms with Crippen molar-refractivity contribution < 1.29 is 18.3 Å². The summed E-state index contributed by atoms with van der Waals surface area (Å²) in [6.45, 7) is 5.32. The predicted octanol–water partition coefficient (Wildman–Crippen LogP) is 5.04. The molecule has 166 valence electrons. The Hall–Kier alpha value is -3.75. The smallest absolute Gasteiger partial charge is 0.408 e. The fraction of sp³-hybridized carbons (Fsp3) is 0.261. The summed E-state index contributed by atoms with van der Waals surface area (Å²) in [6, 6.07) is 9.69. The monoisotopic (exact) mass is 439 g/mol. The fourth-order valence-electron chi connectivity index (χ4n) is 3.37. The lowest BCUT2D eigenvalue weighted by atomic mass is 10.0. The van der Waals surface area contributed by atoms with Crippen molar-refractivity contribution >= 4 is 17.0 Å². The number of halogens is 2. The van der Waals surface area contributed by atoms with Crippen molar-refractivity contribution in [1.29, 1.82) is 0 Å². The molecule has 7 nitrogen and oxygen atoms in total. The zero-order valence-corrected chi connectivity index (χ0v) is 17.9. The van der Waals surface area contributed by atoms with Gasteiger partial charge >= 0.3 is 6.09 Å². The molecular formula is C23H23F2N5O2. The topological polar surface area (TPSA) is 95.7 Å². The summed E-state index contributed by atoms with van der Waals surface area (Å²) >= 11 is 0. The van der Waals surface area contributed by atoms with Crippen LogP contribution in [0.1, 0.15) is 38.2 Å². The van der Waals surface area contributed by atoms with Gasteiger partial charge in [-0.3, -0.25) is 5.10 Å². The van der Waals surface area contributed by atoms with Gasteiger partial charge in [0.1, 0.15) is 23.1 Å². The molecule has 3 N–H and O–H groups in total. The van der Waals surface area contributed by atoms with Crippen molar-refractivity contribution in [3.63, 3.8) is 0 Å². The first-order valence-electron chi connectivity index (χ1n) is 10.1. The van der Waals surface area contributed by atoms with Crippen LogP contribution in [-0.2, 0) is 11.2 Å². The lowest BCUT2D eigenvalue weighted by molar-refractivity contribution is 0.0501. The molecule has 0 aliphatic carbocycles. The number of aromatic amines is 2. The summed E-state index contributed by atoms with van der Waals surface area (Å²) < 4.78 is 32.2. The average molecular weight is 439 g/mol. The van der Waals surface area contributed by atoms with E-state index < -0.39 is 17.7 Å². The van der Waals surface area contributed by atoms with Crippen LogP contribution in [0, 0.1) is 11.6 Å². The second-order valence-electron chi connectivity index (χ2n) is 8.46. The molecule has 1 atom stereocenters. The molecule has 32 heavy (non-hydrogen) atoms. The maximum Gasteiger partial charge on any atom is 0.408 e. The second kappa shape index (κ2) is 8.41. The Kier molecular flexibility index (Phi) is 5.65. The van der Waals surface area contributed by atoms with Crippen LogP contribution in [0.4, 0.5) is 13.6 Å². The first-order valence-corrected chi connectivity index (χ1v) is 10.1. The number of carbonyl (C=O) groups is 1. The summed E-state index contributed by atoms with van der Waals surface area (Å²) in [5, 5.41) is 10.7. The van der Waals surface area contributed by atoms with Gasteiger partial charge < -0.3 is 15.0 Å². The summed E-state index contributed by atoms with van der Waals surface area (Å²) in [5.41, 5.74) is 1.47. The van der Waals surface area contributed by atoms with Gasteiger partial charge in [0.2, 0.25) is 0 Å². The number of amides is 1. The van der Waals surface area contributed by atoms with Crippen LogP contribution in [0.25, 0.3) is 22.3 Å². The summed E-state index contributed by atoms with van der Waals surface area (Å²) in [7, 11) is 0. The van der Waals surface area contributed by atoms with Gasteiger partial charge in [0, 0.05) is 29.1 Å². The Labute approximate surface area is 183 Å². The number of rotatable bonds is 5. The second-order valence-corrected chi connectivity index (χ2v) is 8.46. The molecule has 4 aromatic rings. The number of benzene rings is 2. The van der Waals surface area contributed by atoms with E-state index in [-0.39, 0.29) is 11.6 Å². The molecule has 0 radical (unpaired) electrons. The van der Waals surface area contributed by atoms with Gasteiger partial charge in [-0.25, -0.2) is 18.6 Å². The third-order valence-electron chi connectivity index (χ3n) is 4.78. The lowest BCUT2D eigenvalue weighted by Crippen LogP contribution is -2.36. The van der Waals surface area contributed by atoms with E-state index in [4.69, 9.17) is 4.74 Å². The molecule has 0 spiro atoms. The van der Waals surface area contributed by atoms with Crippen molar-refractivity contribution in [2.75, 3.05) is 0 Å². The quantitative estimate of drug-likeness (QED) is 0.406. The molecule has 2 heterocycles. The number of nitrogens with one attached hydrogen (secondary N) is 3. The zero-order valence-electron chi connectivity index (χ0n) is 17.9. The number of nitrogens with zero attached hydrogens (tertiary/aromatic N) is 2. The van der Waals surface area contributed by atoms with Gasteiger partial charge in [-0.1, -0.05) is 0 Å². The number of hydrogen-bond donors (Lipinski definition) is 3. The largest absolute Gasteiger partial charge is 0.444 e. The van der Waals surface area contributed by atoms with Gasteiger partial charge in [0.05, 0.1) is 6.04 Å². The Morgan fingerprint density at radius 1 is 1.12 bits per heavy atom. The van der Waals surface area contributed by atoms with Crippen molar-refractivity contribution in [1.82, 2.24) is 25.5 Å². The van der Waals surface area contributed by atoms with Crippen LogP contribution >= 0.6 is 0 Å². The minimum Gasteiger partial charge on any atom is -0.444 e. The van der Waals surface area contributed by atoms with Crippen LogP contribution in [-0.4, -0.2) is 31.9 Å². The molecule has 2 aromatic carbocycles. The Morgan fingerprint density at radius 2 is 1.84 bits per heavy atom. The highest BCUT2D eigenvalue weighted by Gasteiger charge is 2.24. The Bertz CT molecular complexity index is 1240. The molecular weight excluding hydrogens is 416 g/mol. The summed E-state index contributed by atoms with van der Waals surface area (Å²) in [4.78, 5) is 20.1. The Morgan fingerprint density at radius 3 is 2.56 bits per heavy atom.